The summed E-state index contributed by atoms with van der Waals surface area (Å²) in [4.78, 5) is 0. The van der Waals surface area contributed by atoms with Crippen molar-refractivity contribution in [3.63, 3.8) is 0 Å². The summed E-state index contributed by atoms with van der Waals surface area (Å²) < 4.78 is 0. The van der Waals surface area contributed by atoms with Crippen molar-refractivity contribution in [1.29, 1.82) is 0 Å². The Morgan fingerprint density at radius 2 is 1.74 bits per heavy atom. The van der Waals surface area contributed by atoms with Crippen LogP contribution in [0.25, 0.3) is 10.8 Å². The zero-order chi connectivity index (χ0) is 16.1. The molecule has 2 aromatic carbocycles. The maximum atomic E-state index is 3.81. The fraction of sp³-hybridized carbons (Fsp3) is 0.391. The van der Waals surface area contributed by atoms with Crippen molar-refractivity contribution < 1.29 is 0 Å². The summed E-state index contributed by atoms with van der Waals surface area (Å²) in [5.74, 6) is 1.56. The van der Waals surface area contributed by atoms with Crippen LogP contribution in [0.4, 0.5) is 0 Å². The third-order valence-electron chi connectivity index (χ3n) is 5.27. The first kappa shape index (κ1) is 16.1. The van der Waals surface area contributed by atoms with Gasteiger partial charge in [0.15, 0.2) is 0 Å². The summed E-state index contributed by atoms with van der Waals surface area (Å²) in [6.07, 6.45) is 14.1. The highest BCUT2D eigenvalue weighted by molar-refractivity contribution is 5.84. The molecule has 1 aliphatic rings. The lowest BCUT2D eigenvalue weighted by Crippen LogP contribution is -2.11. The summed E-state index contributed by atoms with van der Waals surface area (Å²) in [5, 5.41) is 2.76. The molecule has 0 heteroatoms. The van der Waals surface area contributed by atoms with Crippen LogP contribution in [0.15, 0.2) is 61.2 Å². The summed E-state index contributed by atoms with van der Waals surface area (Å²) >= 11 is 0. The van der Waals surface area contributed by atoms with Crippen molar-refractivity contribution in [2.45, 2.75) is 51.4 Å². The zero-order valence-corrected chi connectivity index (χ0v) is 14.3. The third-order valence-corrected chi connectivity index (χ3v) is 5.27. The molecule has 0 radical (unpaired) electrons. The molecule has 0 heterocycles. The van der Waals surface area contributed by atoms with Crippen molar-refractivity contribution in [3.8, 4) is 0 Å². The second-order valence-corrected chi connectivity index (χ2v) is 6.91. The zero-order valence-electron chi connectivity index (χ0n) is 14.3. The van der Waals surface area contributed by atoms with E-state index < -0.39 is 0 Å². The Balaban J connectivity index is 1.74. The molecule has 1 fully saturated rings. The summed E-state index contributed by atoms with van der Waals surface area (Å²) in [6.45, 7) is 5.95. The van der Waals surface area contributed by atoms with Gasteiger partial charge in [-0.3, -0.25) is 0 Å². The minimum atomic E-state index is 0.751. The highest BCUT2D eigenvalue weighted by Gasteiger charge is 2.20. The molecule has 120 valence electrons. The van der Waals surface area contributed by atoms with Gasteiger partial charge in [0, 0.05) is 0 Å². The van der Waals surface area contributed by atoms with Gasteiger partial charge in [0.1, 0.15) is 0 Å². The fourth-order valence-corrected chi connectivity index (χ4v) is 3.91. The van der Waals surface area contributed by atoms with Crippen LogP contribution in [0.1, 0.15) is 56.1 Å². The molecule has 2 aromatic rings. The van der Waals surface area contributed by atoms with Crippen LogP contribution >= 0.6 is 0 Å². The molecule has 0 aliphatic heterocycles. The van der Waals surface area contributed by atoms with Gasteiger partial charge in [0.2, 0.25) is 0 Å². The van der Waals surface area contributed by atoms with Crippen LogP contribution in [0, 0.1) is 5.92 Å². The van der Waals surface area contributed by atoms with Gasteiger partial charge < -0.3 is 0 Å². The molecule has 23 heavy (non-hydrogen) atoms. The van der Waals surface area contributed by atoms with Crippen molar-refractivity contribution in [3.05, 3.63) is 72.3 Å². The summed E-state index contributed by atoms with van der Waals surface area (Å²) in [7, 11) is 0. The minimum Gasteiger partial charge on any atom is -0.103 e. The monoisotopic (exact) mass is 304 g/mol. The van der Waals surface area contributed by atoms with E-state index in [-0.39, 0.29) is 0 Å². The number of aryl methyl sites for hydroxylation is 1. The van der Waals surface area contributed by atoms with Gasteiger partial charge in [-0.1, -0.05) is 54.6 Å². The van der Waals surface area contributed by atoms with Crippen LogP contribution < -0.4 is 0 Å². The van der Waals surface area contributed by atoms with Gasteiger partial charge in [-0.15, -0.1) is 6.58 Å². The van der Waals surface area contributed by atoms with Crippen LogP contribution in [-0.2, 0) is 6.42 Å². The van der Waals surface area contributed by atoms with Crippen LogP contribution in [0.5, 0.6) is 0 Å². The lowest BCUT2D eigenvalue weighted by molar-refractivity contribution is 0.376. The van der Waals surface area contributed by atoms with E-state index in [1.54, 1.807) is 0 Å². The average Bonchev–Trinajstić information content (AvgIpc) is 2.60. The number of allylic oxidation sites excluding steroid dienone is 3. The van der Waals surface area contributed by atoms with Gasteiger partial charge >= 0.3 is 0 Å². The summed E-state index contributed by atoms with van der Waals surface area (Å²) in [5.41, 5.74) is 2.95. The Morgan fingerprint density at radius 1 is 1.00 bits per heavy atom. The molecule has 0 atom stereocenters. The maximum absolute atomic E-state index is 3.81. The maximum Gasteiger partial charge on any atom is -0.0161 e. The Morgan fingerprint density at radius 3 is 2.48 bits per heavy atom. The third kappa shape index (κ3) is 3.93. The second-order valence-electron chi connectivity index (χ2n) is 6.91. The van der Waals surface area contributed by atoms with Crippen molar-refractivity contribution in [2.24, 2.45) is 5.92 Å². The number of benzene rings is 2. The normalized spacial score (nSPS) is 21.8. The minimum absolute atomic E-state index is 0.751. The molecule has 0 N–H and O–H groups in total. The second kappa shape index (κ2) is 7.64. The van der Waals surface area contributed by atoms with E-state index in [0.29, 0.717) is 0 Å². The number of rotatable bonds is 5. The average molecular weight is 304 g/mol. The van der Waals surface area contributed by atoms with E-state index in [1.807, 2.05) is 6.08 Å². The highest BCUT2D eigenvalue weighted by Crippen LogP contribution is 2.37. The van der Waals surface area contributed by atoms with E-state index in [0.717, 1.165) is 24.7 Å². The quantitative estimate of drug-likeness (QED) is 0.532. The SMILES string of the molecule is C=CCCc1ccc2cc(C3CCC(/C=C/C)CC3)ccc2c1. The first-order chi connectivity index (χ1) is 11.3. The Hall–Kier alpha value is -1.82. The largest absolute Gasteiger partial charge is 0.103 e. The van der Waals surface area contributed by atoms with Gasteiger partial charge in [-0.2, -0.15) is 0 Å². The Bertz CT molecular complexity index is 684. The molecule has 0 saturated heterocycles. The smallest absolute Gasteiger partial charge is 0.0161 e. The predicted octanol–water partition coefficient (Wildman–Crippen LogP) is 6.81. The summed E-state index contributed by atoms with van der Waals surface area (Å²) in [6, 6.07) is 14.0. The van der Waals surface area contributed by atoms with Crippen LogP contribution in [-0.4, -0.2) is 0 Å². The van der Waals surface area contributed by atoms with Gasteiger partial charge in [0.25, 0.3) is 0 Å². The first-order valence-corrected chi connectivity index (χ1v) is 9.06. The van der Waals surface area contributed by atoms with E-state index >= 15 is 0 Å². The first-order valence-electron chi connectivity index (χ1n) is 9.06. The molecule has 0 nitrogen and oxygen atoms in total. The molecular weight excluding hydrogens is 276 g/mol. The van der Waals surface area contributed by atoms with Gasteiger partial charge in [0.05, 0.1) is 0 Å². The molecular formula is C23H28. The molecule has 0 bridgehead atoms. The van der Waals surface area contributed by atoms with Crippen molar-refractivity contribution in [1.82, 2.24) is 0 Å². The molecule has 3 rings (SSSR count). The molecule has 0 spiro atoms. The Kier molecular flexibility index (Phi) is 5.33. The predicted molar refractivity (Wildman–Crippen MR) is 102 cm³/mol. The van der Waals surface area contributed by atoms with Gasteiger partial charge in [-0.05, 0) is 79.2 Å². The molecule has 0 aromatic heterocycles. The van der Waals surface area contributed by atoms with E-state index in [9.17, 15) is 0 Å². The van der Waals surface area contributed by atoms with Crippen LogP contribution in [0.3, 0.4) is 0 Å². The lowest BCUT2D eigenvalue weighted by Gasteiger charge is -2.27. The standard InChI is InChI=1S/C23H28/c1-3-5-7-19-10-13-23-17-22(15-14-21(23)16-19)20-11-8-18(6-4-2)9-12-20/h3-4,6,10,13-18,20H,1,5,7-9,11-12H2,2H3/b6-4+. The number of fused-ring (bicyclic) bond motifs is 1. The Labute approximate surface area is 140 Å². The topological polar surface area (TPSA) is 0 Å². The van der Waals surface area contributed by atoms with Crippen molar-refractivity contribution >= 4 is 10.8 Å². The van der Waals surface area contributed by atoms with Gasteiger partial charge in [-0.25, -0.2) is 0 Å². The number of hydrogen-bond donors (Lipinski definition) is 0. The lowest BCUT2D eigenvalue weighted by atomic mass is 9.78. The van der Waals surface area contributed by atoms with Crippen LogP contribution in [0.2, 0.25) is 0 Å². The van der Waals surface area contributed by atoms with E-state index in [2.05, 4.69) is 62.1 Å². The van der Waals surface area contributed by atoms with E-state index in [1.165, 1.54) is 47.6 Å². The number of hydrogen-bond acceptors (Lipinski definition) is 0. The molecule has 0 amide bonds. The highest BCUT2D eigenvalue weighted by atomic mass is 14.3. The van der Waals surface area contributed by atoms with Crippen molar-refractivity contribution in [2.75, 3.05) is 0 Å². The molecule has 1 aliphatic carbocycles. The molecule has 1 saturated carbocycles. The molecule has 0 unspecified atom stereocenters. The van der Waals surface area contributed by atoms with E-state index in [4.69, 9.17) is 0 Å². The fourth-order valence-electron chi connectivity index (χ4n) is 3.91.